The molecule has 1 aromatic carbocycles. The van der Waals surface area contributed by atoms with Crippen LogP contribution in [0, 0.1) is 0 Å². The van der Waals surface area contributed by atoms with Crippen LogP contribution in [0.25, 0.3) is 0 Å². The SMILES string of the molecule is FC(F)(F)CCN1CCC(c2ccccc2)CC1. The van der Waals surface area contributed by atoms with Crippen molar-refractivity contribution >= 4 is 0 Å². The van der Waals surface area contributed by atoms with Crippen molar-refractivity contribution in [1.29, 1.82) is 0 Å². The number of alkyl halides is 3. The van der Waals surface area contributed by atoms with Crippen molar-refractivity contribution in [2.75, 3.05) is 19.6 Å². The molecular formula is C14H18F3N. The summed E-state index contributed by atoms with van der Waals surface area (Å²) in [7, 11) is 0. The van der Waals surface area contributed by atoms with Crippen LogP contribution in [0.1, 0.15) is 30.7 Å². The van der Waals surface area contributed by atoms with Crippen molar-refractivity contribution < 1.29 is 13.2 Å². The van der Waals surface area contributed by atoms with E-state index < -0.39 is 12.6 Å². The van der Waals surface area contributed by atoms with Crippen LogP contribution in [0.2, 0.25) is 0 Å². The summed E-state index contributed by atoms with van der Waals surface area (Å²) in [6, 6.07) is 10.2. The lowest BCUT2D eigenvalue weighted by molar-refractivity contribution is -0.138. The van der Waals surface area contributed by atoms with Gasteiger partial charge >= 0.3 is 6.18 Å². The van der Waals surface area contributed by atoms with Crippen LogP contribution in [-0.2, 0) is 0 Å². The minimum atomic E-state index is -4.03. The van der Waals surface area contributed by atoms with E-state index in [0.717, 1.165) is 25.9 Å². The van der Waals surface area contributed by atoms with Gasteiger partial charge in [0.25, 0.3) is 0 Å². The zero-order valence-corrected chi connectivity index (χ0v) is 10.3. The predicted octanol–water partition coefficient (Wildman–Crippen LogP) is 3.82. The maximum absolute atomic E-state index is 12.1. The second-order valence-corrected chi connectivity index (χ2v) is 4.89. The summed E-state index contributed by atoms with van der Waals surface area (Å²) in [5.74, 6) is 0.508. The Morgan fingerprint density at radius 2 is 1.67 bits per heavy atom. The zero-order chi connectivity index (χ0) is 13.0. The lowest BCUT2D eigenvalue weighted by Gasteiger charge is -2.32. The molecule has 18 heavy (non-hydrogen) atoms. The lowest BCUT2D eigenvalue weighted by atomic mass is 9.89. The summed E-state index contributed by atoms with van der Waals surface area (Å²) in [4.78, 5) is 1.92. The Morgan fingerprint density at radius 3 is 2.22 bits per heavy atom. The summed E-state index contributed by atoms with van der Waals surface area (Å²) in [5, 5.41) is 0. The Hall–Kier alpha value is -1.03. The Balaban J connectivity index is 1.78. The average molecular weight is 257 g/mol. The molecule has 0 radical (unpaired) electrons. The molecule has 1 aromatic rings. The van der Waals surface area contributed by atoms with Crippen LogP contribution in [0.5, 0.6) is 0 Å². The highest BCUT2D eigenvalue weighted by molar-refractivity contribution is 5.19. The first kappa shape index (κ1) is 13.4. The van der Waals surface area contributed by atoms with Crippen molar-refractivity contribution in [3.05, 3.63) is 35.9 Å². The Labute approximate surface area is 106 Å². The van der Waals surface area contributed by atoms with Crippen LogP contribution >= 0.6 is 0 Å². The Bertz CT molecular complexity index is 353. The van der Waals surface area contributed by atoms with Crippen LogP contribution in [-0.4, -0.2) is 30.7 Å². The quantitative estimate of drug-likeness (QED) is 0.795. The average Bonchev–Trinajstić information content (AvgIpc) is 2.37. The van der Waals surface area contributed by atoms with Crippen molar-refractivity contribution in [1.82, 2.24) is 4.90 Å². The minimum Gasteiger partial charge on any atom is -0.303 e. The fourth-order valence-corrected chi connectivity index (χ4v) is 2.50. The van der Waals surface area contributed by atoms with E-state index in [-0.39, 0.29) is 6.54 Å². The number of hydrogen-bond acceptors (Lipinski definition) is 1. The van der Waals surface area contributed by atoms with Crippen molar-refractivity contribution in [3.63, 3.8) is 0 Å². The minimum absolute atomic E-state index is 0.144. The first-order chi connectivity index (χ1) is 8.54. The zero-order valence-electron chi connectivity index (χ0n) is 10.3. The molecule has 1 fully saturated rings. The summed E-state index contributed by atoms with van der Waals surface area (Å²) < 4.78 is 36.4. The monoisotopic (exact) mass is 257 g/mol. The molecule has 0 aliphatic carbocycles. The van der Waals surface area contributed by atoms with E-state index in [4.69, 9.17) is 0 Å². The number of likely N-dealkylation sites (tertiary alicyclic amines) is 1. The van der Waals surface area contributed by atoms with Crippen molar-refractivity contribution in [2.24, 2.45) is 0 Å². The molecule has 1 nitrogen and oxygen atoms in total. The number of piperidine rings is 1. The fourth-order valence-electron chi connectivity index (χ4n) is 2.50. The van der Waals surface area contributed by atoms with Crippen molar-refractivity contribution in [3.8, 4) is 0 Å². The largest absolute Gasteiger partial charge is 0.390 e. The van der Waals surface area contributed by atoms with Gasteiger partial charge in [0.05, 0.1) is 6.42 Å². The molecule has 0 unspecified atom stereocenters. The second-order valence-electron chi connectivity index (χ2n) is 4.89. The number of nitrogens with zero attached hydrogens (tertiary/aromatic N) is 1. The maximum atomic E-state index is 12.1. The molecule has 1 aliphatic rings. The van der Waals surface area contributed by atoms with Gasteiger partial charge in [-0.15, -0.1) is 0 Å². The number of hydrogen-bond donors (Lipinski definition) is 0. The summed E-state index contributed by atoms with van der Waals surface area (Å²) in [6.07, 6.45) is -2.80. The Morgan fingerprint density at radius 1 is 1.06 bits per heavy atom. The van der Waals surface area contributed by atoms with Crippen LogP contribution in [0.15, 0.2) is 30.3 Å². The summed E-state index contributed by atoms with van der Waals surface area (Å²) >= 11 is 0. The molecule has 0 spiro atoms. The smallest absolute Gasteiger partial charge is 0.303 e. The van der Waals surface area contributed by atoms with E-state index >= 15 is 0 Å². The normalized spacial score (nSPS) is 19.1. The summed E-state index contributed by atoms with van der Waals surface area (Å²) in [5.41, 5.74) is 1.31. The van der Waals surface area contributed by atoms with Crippen LogP contribution in [0.3, 0.4) is 0 Å². The molecule has 4 heteroatoms. The fraction of sp³-hybridized carbons (Fsp3) is 0.571. The highest BCUT2D eigenvalue weighted by atomic mass is 19.4. The van der Waals surface area contributed by atoms with Gasteiger partial charge in [-0.2, -0.15) is 13.2 Å². The molecule has 0 aromatic heterocycles. The lowest BCUT2D eigenvalue weighted by Crippen LogP contribution is -2.35. The molecule has 100 valence electrons. The van der Waals surface area contributed by atoms with Crippen molar-refractivity contribution in [2.45, 2.75) is 31.4 Å². The van der Waals surface area contributed by atoms with Gasteiger partial charge in [-0.25, -0.2) is 0 Å². The highest BCUT2D eigenvalue weighted by Crippen LogP contribution is 2.28. The third-order valence-corrected chi connectivity index (χ3v) is 3.57. The standard InChI is InChI=1S/C14H18F3N/c15-14(16,17)8-11-18-9-6-13(7-10-18)12-4-2-1-3-5-12/h1-5,13H,6-11H2. The van der Waals surface area contributed by atoms with Gasteiger partial charge in [0.1, 0.15) is 0 Å². The van der Waals surface area contributed by atoms with Gasteiger partial charge < -0.3 is 4.90 Å². The molecule has 0 saturated carbocycles. The van der Waals surface area contributed by atoms with E-state index in [1.54, 1.807) is 0 Å². The van der Waals surface area contributed by atoms with Gasteiger partial charge in [0, 0.05) is 6.54 Å². The molecule has 1 heterocycles. The van der Waals surface area contributed by atoms with Gasteiger partial charge in [-0.3, -0.25) is 0 Å². The van der Waals surface area contributed by atoms with E-state index in [2.05, 4.69) is 12.1 Å². The molecule has 0 amide bonds. The second kappa shape index (κ2) is 5.74. The van der Waals surface area contributed by atoms with Gasteiger partial charge in [0.15, 0.2) is 0 Å². The topological polar surface area (TPSA) is 3.24 Å². The molecule has 0 atom stereocenters. The van der Waals surface area contributed by atoms with E-state index in [1.807, 2.05) is 23.1 Å². The molecular weight excluding hydrogens is 239 g/mol. The van der Waals surface area contributed by atoms with Gasteiger partial charge in [-0.1, -0.05) is 30.3 Å². The number of benzene rings is 1. The maximum Gasteiger partial charge on any atom is 0.390 e. The van der Waals surface area contributed by atoms with E-state index in [1.165, 1.54) is 5.56 Å². The summed E-state index contributed by atoms with van der Waals surface area (Å²) in [6.45, 7) is 1.69. The van der Waals surface area contributed by atoms with Crippen LogP contribution in [0.4, 0.5) is 13.2 Å². The predicted molar refractivity (Wildman–Crippen MR) is 65.5 cm³/mol. The molecule has 1 saturated heterocycles. The molecule has 0 N–H and O–H groups in total. The van der Waals surface area contributed by atoms with E-state index in [0.29, 0.717) is 5.92 Å². The van der Waals surface area contributed by atoms with Gasteiger partial charge in [-0.05, 0) is 37.4 Å². The van der Waals surface area contributed by atoms with E-state index in [9.17, 15) is 13.2 Å². The Kier molecular flexibility index (Phi) is 4.27. The third kappa shape index (κ3) is 4.02. The molecule has 0 bridgehead atoms. The highest BCUT2D eigenvalue weighted by Gasteiger charge is 2.29. The number of rotatable bonds is 3. The first-order valence-electron chi connectivity index (χ1n) is 6.39. The van der Waals surface area contributed by atoms with Gasteiger partial charge in [0.2, 0.25) is 0 Å². The molecule has 1 aliphatic heterocycles. The number of halogens is 3. The molecule has 2 rings (SSSR count). The third-order valence-electron chi connectivity index (χ3n) is 3.57. The first-order valence-corrected chi connectivity index (χ1v) is 6.39. The van der Waals surface area contributed by atoms with Crippen LogP contribution < -0.4 is 0 Å².